The highest BCUT2D eigenvalue weighted by atomic mass is 15.2. The van der Waals surface area contributed by atoms with Crippen LogP contribution in [0.25, 0.3) is 0 Å². The van der Waals surface area contributed by atoms with Gasteiger partial charge in [0.2, 0.25) is 0 Å². The van der Waals surface area contributed by atoms with Crippen molar-refractivity contribution >= 4 is 0 Å². The maximum absolute atomic E-state index is 3.27. The lowest BCUT2D eigenvalue weighted by Crippen LogP contribution is -2.39. The predicted octanol–water partition coefficient (Wildman–Crippen LogP) is 0.622. The van der Waals surface area contributed by atoms with Gasteiger partial charge in [-0.1, -0.05) is 0 Å². The van der Waals surface area contributed by atoms with E-state index in [-0.39, 0.29) is 0 Å². The summed E-state index contributed by atoms with van der Waals surface area (Å²) in [5, 5.41) is 3.27. The van der Waals surface area contributed by atoms with Gasteiger partial charge in [-0.05, 0) is 47.0 Å². The van der Waals surface area contributed by atoms with Crippen LogP contribution >= 0.6 is 0 Å². The molecule has 0 spiro atoms. The van der Waals surface area contributed by atoms with Crippen LogP contribution in [0.3, 0.4) is 0 Å². The fraction of sp³-hybridized carbons (Fsp3) is 1.00. The number of nitrogens with zero attached hydrogens (tertiary/aromatic N) is 2. The van der Waals surface area contributed by atoms with E-state index in [1.54, 1.807) is 0 Å². The molecule has 1 unspecified atom stereocenters. The van der Waals surface area contributed by atoms with Crippen LogP contribution in [-0.2, 0) is 0 Å². The van der Waals surface area contributed by atoms with Crippen molar-refractivity contribution in [1.29, 1.82) is 0 Å². The number of likely N-dealkylation sites (tertiary alicyclic amines) is 1. The molecule has 3 nitrogen and oxygen atoms in total. The van der Waals surface area contributed by atoms with Gasteiger partial charge in [0.1, 0.15) is 0 Å². The molecule has 1 rings (SSSR count). The summed E-state index contributed by atoms with van der Waals surface area (Å²) in [6.45, 7) is 8.44. The first-order chi connectivity index (χ1) is 6.72. The van der Waals surface area contributed by atoms with Gasteiger partial charge in [-0.25, -0.2) is 0 Å². The van der Waals surface area contributed by atoms with Crippen LogP contribution in [0, 0.1) is 0 Å². The van der Waals surface area contributed by atoms with Crippen LogP contribution in [0.2, 0.25) is 0 Å². The molecule has 1 saturated heterocycles. The van der Waals surface area contributed by atoms with E-state index in [9.17, 15) is 0 Å². The minimum Gasteiger partial charge on any atom is -0.316 e. The van der Waals surface area contributed by atoms with Crippen molar-refractivity contribution in [2.24, 2.45) is 0 Å². The molecule has 3 heteroatoms. The summed E-state index contributed by atoms with van der Waals surface area (Å²) in [6.07, 6.45) is 2.80. The van der Waals surface area contributed by atoms with E-state index in [1.807, 2.05) is 7.05 Å². The Morgan fingerprint density at radius 3 is 2.57 bits per heavy atom. The first-order valence-electron chi connectivity index (χ1n) is 5.80. The summed E-state index contributed by atoms with van der Waals surface area (Å²) in [6, 6.07) is 0.596. The van der Waals surface area contributed by atoms with E-state index in [0.29, 0.717) is 6.04 Å². The first kappa shape index (κ1) is 12.0. The molecule has 0 amide bonds. The Balaban J connectivity index is 2.04. The Morgan fingerprint density at radius 1 is 1.36 bits per heavy atom. The highest BCUT2D eigenvalue weighted by Crippen LogP contribution is 2.06. The average molecular weight is 199 g/mol. The summed E-state index contributed by atoms with van der Waals surface area (Å²) in [5.74, 6) is 0. The zero-order valence-electron chi connectivity index (χ0n) is 9.92. The Kier molecular flexibility index (Phi) is 5.45. The molecular weight excluding hydrogens is 174 g/mol. The summed E-state index contributed by atoms with van der Waals surface area (Å²) in [4.78, 5) is 4.99. The van der Waals surface area contributed by atoms with Gasteiger partial charge in [-0.15, -0.1) is 0 Å². The van der Waals surface area contributed by atoms with Crippen LogP contribution in [0.4, 0.5) is 0 Å². The lowest BCUT2D eigenvalue weighted by atomic mass is 10.3. The molecule has 0 aliphatic carbocycles. The molecule has 14 heavy (non-hydrogen) atoms. The molecule has 0 aromatic carbocycles. The number of nitrogens with one attached hydrogen (secondary N) is 1. The van der Waals surface area contributed by atoms with E-state index < -0.39 is 0 Å². The molecule has 0 bridgehead atoms. The highest BCUT2D eigenvalue weighted by molar-refractivity contribution is 4.69. The van der Waals surface area contributed by atoms with E-state index in [0.717, 1.165) is 6.54 Å². The first-order valence-corrected chi connectivity index (χ1v) is 5.80. The van der Waals surface area contributed by atoms with Gasteiger partial charge in [0.05, 0.1) is 0 Å². The summed E-state index contributed by atoms with van der Waals surface area (Å²) < 4.78 is 0. The summed E-state index contributed by atoms with van der Waals surface area (Å²) >= 11 is 0. The minimum atomic E-state index is 0.596. The minimum absolute atomic E-state index is 0.596. The van der Waals surface area contributed by atoms with Crippen molar-refractivity contribution < 1.29 is 0 Å². The number of hydrogen-bond acceptors (Lipinski definition) is 3. The van der Waals surface area contributed by atoms with E-state index >= 15 is 0 Å². The van der Waals surface area contributed by atoms with Crippen LogP contribution in [0.1, 0.15) is 19.8 Å². The molecule has 1 atom stereocenters. The Hall–Kier alpha value is -0.120. The monoisotopic (exact) mass is 199 g/mol. The summed E-state index contributed by atoms with van der Waals surface area (Å²) in [7, 11) is 4.24. The second kappa shape index (κ2) is 6.38. The standard InChI is InChI=1S/C11H25N3/c1-11(12-2)10-13(3)8-9-14-6-4-5-7-14/h11-12H,4-10H2,1-3H3. The largest absolute Gasteiger partial charge is 0.316 e. The van der Waals surface area contributed by atoms with Crippen molar-refractivity contribution in [2.75, 3.05) is 46.8 Å². The fourth-order valence-corrected chi connectivity index (χ4v) is 1.97. The lowest BCUT2D eigenvalue weighted by Gasteiger charge is -2.23. The number of hydrogen-bond donors (Lipinski definition) is 1. The maximum Gasteiger partial charge on any atom is 0.0163 e. The third-order valence-electron chi connectivity index (χ3n) is 3.07. The van der Waals surface area contributed by atoms with Gasteiger partial charge >= 0.3 is 0 Å². The van der Waals surface area contributed by atoms with Gasteiger partial charge in [-0.3, -0.25) is 0 Å². The second-order valence-electron chi connectivity index (χ2n) is 4.50. The molecule has 1 N–H and O–H groups in total. The normalized spacial score (nSPS) is 20.6. The van der Waals surface area contributed by atoms with Crippen molar-refractivity contribution in [3.8, 4) is 0 Å². The van der Waals surface area contributed by atoms with Crippen LogP contribution in [0.5, 0.6) is 0 Å². The van der Waals surface area contributed by atoms with Crippen molar-refractivity contribution in [3.63, 3.8) is 0 Å². The molecule has 1 heterocycles. The quantitative estimate of drug-likeness (QED) is 0.676. The van der Waals surface area contributed by atoms with Gasteiger partial charge in [0.15, 0.2) is 0 Å². The van der Waals surface area contributed by atoms with Crippen molar-refractivity contribution in [1.82, 2.24) is 15.1 Å². The zero-order chi connectivity index (χ0) is 10.4. The molecular formula is C11H25N3. The summed E-state index contributed by atoms with van der Waals surface area (Å²) in [5.41, 5.74) is 0. The smallest absolute Gasteiger partial charge is 0.0163 e. The van der Waals surface area contributed by atoms with Gasteiger partial charge in [0, 0.05) is 25.7 Å². The molecule has 84 valence electrons. The third-order valence-corrected chi connectivity index (χ3v) is 3.07. The Morgan fingerprint density at radius 2 is 2.00 bits per heavy atom. The molecule has 1 aliphatic heterocycles. The number of rotatable bonds is 6. The molecule has 1 aliphatic rings. The van der Waals surface area contributed by atoms with Crippen LogP contribution in [0.15, 0.2) is 0 Å². The topological polar surface area (TPSA) is 18.5 Å². The van der Waals surface area contributed by atoms with Crippen LogP contribution in [-0.4, -0.2) is 62.7 Å². The van der Waals surface area contributed by atoms with Gasteiger partial charge in [0.25, 0.3) is 0 Å². The van der Waals surface area contributed by atoms with Crippen LogP contribution < -0.4 is 5.32 Å². The van der Waals surface area contributed by atoms with E-state index in [4.69, 9.17) is 0 Å². The average Bonchev–Trinajstić information content (AvgIpc) is 2.67. The van der Waals surface area contributed by atoms with Crippen molar-refractivity contribution in [2.45, 2.75) is 25.8 Å². The predicted molar refractivity (Wildman–Crippen MR) is 61.7 cm³/mol. The van der Waals surface area contributed by atoms with Gasteiger partial charge in [-0.2, -0.15) is 0 Å². The molecule has 0 radical (unpaired) electrons. The highest BCUT2D eigenvalue weighted by Gasteiger charge is 2.12. The van der Waals surface area contributed by atoms with E-state index in [1.165, 1.54) is 39.0 Å². The molecule has 0 aromatic rings. The fourth-order valence-electron chi connectivity index (χ4n) is 1.97. The molecule has 0 aromatic heterocycles. The zero-order valence-corrected chi connectivity index (χ0v) is 9.92. The van der Waals surface area contributed by atoms with Crippen molar-refractivity contribution in [3.05, 3.63) is 0 Å². The maximum atomic E-state index is 3.27. The second-order valence-corrected chi connectivity index (χ2v) is 4.50. The third kappa shape index (κ3) is 4.40. The Bertz CT molecular complexity index is 143. The molecule has 0 saturated carbocycles. The SMILES string of the molecule is CNC(C)CN(C)CCN1CCCC1. The number of likely N-dealkylation sites (N-methyl/N-ethyl adjacent to an activating group) is 2. The van der Waals surface area contributed by atoms with E-state index in [2.05, 4.69) is 29.1 Å². The Labute approximate surface area is 88.5 Å². The lowest BCUT2D eigenvalue weighted by molar-refractivity contribution is 0.244. The van der Waals surface area contributed by atoms with Gasteiger partial charge < -0.3 is 15.1 Å². The molecule has 1 fully saturated rings.